The number of hydrogen-bond donors (Lipinski definition) is 1. The van der Waals surface area contributed by atoms with Crippen LogP contribution in [0.3, 0.4) is 0 Å². The summed E-state index contributed by atoms with van der Waals surface area (Å²) in [5, 5.41) is 2.35. The number of hydrogen-bond acceptors (Lipinski definition) is 2. The summed E-state index contributed by atoms with van der Waals surface area (Å²) < 4.78 is 0. The summed E-state index contributed by atoms with van der Waals surface area (Å²) in [4.78, 5) is 4.39. The van der Waals surface area contributed by atoms with Gasteiger partial charge in [-0.1, -0.05) is 19.9 Å². The van der Waals surface area contributed by atoms with Crippen molar-refractivity contribution in [2.24, 2.45) is 0 Å². The highest BCUT2D eigenvalue weighted by Crippen LogP contribution is 2.20. The van der Waals surface area contributed by atoms with Gasteiger partial charge in [-0.3, -0.25) is 4.98 Å². The first-order valence-electron chi connectivity index (χ1n) is 5.30. The second-order valence-corrected chi connectivity index (χ2v) is 3.33. The lowest BCUT2D eigenvalue weighted by atomic mass is 10.1. The van der Waals surface area contributed by atoms with E-state index in [2.05, 4.69) is 11.1 Å². The van der Waals surface area contributed by atoms with Crippen LogP contribution in [-0.4, -0.2) is 4.98 Å². The van der Waals surface area contributed by atoms with Crippen LogP contribution in [0.15, 0.2) is 24.3 Å². The summed E-state index contributed by atoms with van der Waals surface area (Å²) in [5.74, 6) is 0. The van der Waals surface area contributed by atoms with Gasteiger partial charge in [-0.25, -0.2) is 0 Å². The van der Waals surface area contributed by atoms with Crippen LogP contribution < -0.4 is 5.73 Å². The van der Waals surface area contributed by atoms with Gasteiger partial charge in [-0.15, -0.1) is 0 Å². The van der Waals surface area contributed by atoms with E-state index >= 15 is 0 Å². The van der Waals surface area contributed by atoms with Gasteiger partial charge in [-0.2, -0.15) is 0 Å². The number of nitrogen functional groups attached to an aromatic ring is 1. The molecule has 0 radical (unpaired) electrons. The minimum absolute atomic E-state index is 0.803. The molecule has 0 unspecified atom stereocenters. The van der Waals surface area contributed by atoms with Crippen LogP contribution >= 0.6 is 0 Å². The van der Waals surface area contributed by atoms with E-state index in [0.717, 1.165) is 17.1 Å². The van der Waals surface area contributed by atoms with Crippen molar-refractivity contribution in [3.63, 3.8) is 0 Å². The van der Waals surface area contributed by atoms with Crippen molar-refractivity contribution in [2.45, 2.75) is 27.7 Å². The molecule has 0 aliphatic heterocycles. The Kier molecular flexibility index (Phi) is 3.67. The van der Waals surface area contributed by atoms with Crippen molar-refractivity contribution in [1.82, 2.24) is 4.98 Å². The van der Waals surface area contributed by atoms with Gasteiger partial charge in [0.25, 0.3) is 0 Å². The molecule has 1 aromatic carbocycles. The molecule has 2 heteroatoms. The molecule has 0 amide bonds. The van der Waals surface area contributed by atoms with Crippen LogP contribution in [0.5, 0.6) is 0 Å². The zero-order valence-electron chi connectivity index (χ0n) is 9.83. The molecule has 0 fully saturated rings. The summed E-state index contributed by atoms with van der Waals surface area (Å²) in [5.41, 5.74) is 8.61. The molecule has 0 spiro atoms. The lowest BCUT2D eigenvalue weighted by Crippen LogP contribution is -1.90. The number of anilines is 1. The first kappa shape index (κ1) is 11.5. The molecule has 0 atom stereocenters. The van der Waals surface area contributed by atoms with Crippen LogP contribution in [0, 0.1) is 13.8 Å². The van der Waals surface area contributed by atoms with Crippen molar-refractivity contribution in [3.05, 3.63) is 35.7 Å². The van der Waals surface area contributed by atoms with Crippen molar-refractivity contribution >= 4 is 16.5 Å². The summed E-state index contributed by atoms with van der Waals surface area (Å²) in [6.45, 7) is 8.02. The van der Waals surface area contributed by atoms with E-state index < -0.39 is 0 Å². The van der Waals surface area contributed by atoms with E-state index in [0.29, 0.717) is 0 Å². The SMILES string of the molecule is CC.Cc1cc2cc(N)ccc2c(C)n1. The topological polar surface area (TPSA) is 38.9 Å². The van der Waals surface area contributed by atoms with E-state index in [1.165, 1.54) is 10.8 Å². The fourth-order valence-corrected chi connectivity index (χ4v) is 1.61. The molecule has 1 heterocycles. The monoisotopic (exact) mass is 202 g/mol. The molecule has 2 N–H and O–H groups in total. The number of aryl methyl sites for hydroxylation is 2. The number of fused-ring (bicyclic) bond motifs is 1. The predicted octanol–water partition coefficient (Wildman–Crippen LogP) is 3.46. The van der Waals surface area contributed by atoms with Gasteiger partial charge < -0.3 is 5.73 Å². The zero-order chi connectivity index (χ0) is 11.4. The first-order chi connectivity index (χ1) is 7.16. The fraction of sp³-hybridized carbons (Fsp3) is 0.308. The molecule has 2 nitrogen and oxygen atoms in total. The standard InChI is InChI=1S/C11H12N2.C2H6/c1-7-5-9-6-10(12)3-4-11(9)8(2)13-7;1-2/h3-6H,12H2,1-2H3;1-2H3. The van der Waals surface area contributed by atoms with E-state index in [-0.39, 0.29) is 0 Å². The maximum absolute atomic E-state index is 5.70. The Labute approximate surface area is 91.1 Å². The average Bonchev–Trinajstić information content (AvgIpc) is 2.19. The molecule has 0 aliphatic carbocycles. The highest BCUT2D eigenvalue weighted by Gasteiger charge is 1.99. The van der Waals surface area contributed by atoms with E-state index in [1.807, 2.05) is 45.9 Å². The fourth-order valence-electron chi connectivity index (χ4n) is 1.61. The summed E-state index contributed by atoms with van der Waals surface area (Å²) in [6, 6.07) is 7.97. The van der Waals surface area contributed by atoms with Crippen LogP contribution in [0.1, 0.15) is 25.2 Å². The Morgan fingerprint density at radius 1 is 1.07 bits per heavy atom. The van der Waals surface area contributed by atoms with Gasteiger partial charge in [0.05, 0.1) is 0 Å². The molecule has 80 valence electrons. The molecule has 1 aromatic heterocycles. The second-order valence-electron chi connectivity index (χ2n) is 3.33. The lowest BCUT2D eigenvalue weighted by molar-refractivity contribution is 1.15. The van der Waals surface area contributed by atoms with E-state index in [9.17, 15) is 0 Å². The number of aromatic nitrogens is 1. The molecular formula is C13H18N2. The highest BCUT2D eigenvalue weighted by atomic mass is 14.7. The molecule has 0 saturated heterocycles. The average molecular weight is 202 g/mol. The van der Waals surface area contributed by atoms with Crippen LogP contribution in [0.4, 0.5) is 5.69 Å². The van der Waals surface area contributed by atoms with Crippen LogP contribution in [0.25, 0.3) is 10.8 Å². The number of pyridine rings is 1. The Hall–Kier alpha value is -1.57. The molecule has 0 aliphatic rings. The minimum Gasteiger partial charge on any atom is -0.399 e. The summed E-state index contributed by atoms with van der Waals surface area (Å²) in [6.07, 6.45) is 0. The normalized spacial score (nSPS) is 9.60. The van der Waals surface area contributed by atoms with Gasteiger partial charge >= 0.3 is 0 Å². The van der Waals surface area contributed by atoms with E-state index in [1.54, 1.807) is 0 Å². The maximum atomic E-state index is 5.70. The van der Waals surface area contributed by atoms with Crippen molar-refractivity contribution in [2.75, 3.05) is 5.73 Å². The first-order valence-corrected chi connectivity index (χ1v) is 5.30. The highest BCUT2D eigenvalue weighted by molar-refractivity contribution is 5.87. The van der Waals surface area contributed by atoms with Crippen LogP contribution in [-0.2, 0) is 0 Å². The van der Waals surface area contributed by atoms with Crippen molar-refractivity contribution < 1.29 is 0 Å². The van der Waals surface area contributed by atoms with Crippen molar-refractivity contribution in [1.29, 1.82) is 0 Å². The maximum Gasteiger partial charge on any atom is 0.0454 e. The third-order valence-electron chi connectivity index (χ3n) is 2.17. The summed E-state index contributed by atoms with van der Waals surface area (Å²) in [7, 11) is 0. The van der Waals surface area contributed by atoms with Gasteiger partial charge in [0.1, 0.15) is 0 Å². The van der Waals surface area contributed by atoms with Gasteiger partial charge in [0.15, 0.2) is 0 Å². The zero-order valence-corrected chi connectivity index (χ0v) is 9.83. The Bertz CT molecular complexity index is 456. The second kappa shape index (κ2) is 4.78. The smallest absolute Gasteiger partial charge is 0.0454 e. The molecule has 2 rings (SSSR count). The quantitative estimate of drug-likeness (QED) is 0.664. The van der Waals surface area contributed by atoms with Gasteiger partial charge in [-0.05, 0) is 37.4 Å². The molecule has 0 saturated carbocycles. The molecule has 15 heavy (non-hydrogen) atoms. The van der Waals surface area contributed by atoms with Crippen LogP contribution in [0.2, 0.25) is 0 Å². The molecule has 2 aromatic rings. The largest absolute Gasteiger partial charge is 0.399 e. The Morgan fingerprint density at radius 2 is 1.73 bits per heavy atom. The predicted molar refractivity (Wildman–Crippen MR) is 67.0 cm³/mol. The van der Waals surface area contributed by atoms with Gasteiger partial charge in [0, 0.05) is 22.5 Å². The van der Waals surface area contributed by atoms with Gasteiger partial charge in [0.2, 0.25) is 0 Å². The molecular weight excluding hydrogens is 184 g/mol. The third-order valence-corrected chi connectivity index (χ3v) is 2.17. The lowest BCUT2D eigenvalue weighted by Gasteiger charge is -2.03. The number of rotatable bonds is 0. The summed E-state index contributed by atoms with van der Waals surface area (Å²) >= 11 is 0. The molecule has 0 bridgehead atoms. The minimum atomic E-state index is 0.803. The van der Waals surface area contributed by atoms with Crippen molar-refractivity contribution in [3.8, 4) is 0 Å². The Balaban J connectivity index is 0.000000531. The Morgan fingerprint density at radius 3 is 2.40 bits per heavy atom. The number of nitrogens with zero attached hydrogens (tertiary/aromatic N) is 1. The van der Waals surface area contributed by atoms with E-state index in [4.69, 9.17) is 5.73 Å². The number of benzene rings is 1. The third kappa shape index (κ3) is 2.46. The number of nitrogens with two attached hydrogens (primary N) is 1.